The lowest BCUT2D eigenvalue weighted by atomic mass is 10.1. The molecule has 0 radical (unpaired) electrons. The highest BCUT2D eigenvalue weighted by atomic mass is 16.6. The molecule has 1 fully saturated rings. The molecule has 1 aromatic carbocycles. The molecular formula is C11H13NO3. The van der Waals surface area contributed by atoms with Gasteiger partial charge in [-0.05, 0) is 13.0 Å². The van der Waals surface area contributed by atoms with Gasteiger partial charge >= 0.3 is 6.09 Å². The number of carbonyl (C=O) groups is 1. The van der Waals surface area contributed by atoms with Crippen LogP contribution < -0.4 is 10.1 Å². The predicted octanol–water partition coefficient (Wildman–Crippen LogP) is 1.87. The lowest BCUT2D eigenvalue weighted by molar-refractivity contribution is 0.139. The van der Waals surface area contributed by atoms with Crippen molar-refractivity contribution in [2.24, 2.45) is 0 Å². The van der Waals surface area contributed by atoms with Crippen LogP contribution in [-0.2, 0) is 4.74 Å². The average Bonchev–Trinajstić information content (AvgIpc) is 2.66. The molecule has 1 unspecified atom stereocenters. The molecule has 1 N–H and O–H groups in total. The zero-order chi connectivity index (χ0) is 10.7. The van der Waals surface area contributed by atoms with Crippen molar-refractivity contribution in [3.8, 4) is 5.75 Å². The summed E-state index contributed by atoms with van der Waals surface area (Å²) in [6.45, 7) is 3.03. The lowest BCUT2D eigenvalue weighted by Crippen LogP contribution is -2.12. The number of carbonyl (C=O) groups excluding carboxylic acids is 1. The van der Waals surface area contributed by atoms with E-state index in [1.165, 1.54) is 0 Å². The van der Waals surface area contributed by atoms with Gasteiger partial charge in [-0.15, -0.1) is 0 Å². The van der Waals surface area contributed by atoms with E-state index >= 15 is 0 Å². The first kappa shape index (κ1) is 9.83. The number of hydrogen-bond donors (Lipinski definition) is 1. The van der Waals surface area contributed by atoms with E-state index < -0.39 is 0 Å². The van der Waals surface area contributed by atoms with E-state index in [1.807, 2.05) is 31.2 Å². The maximum atomic E-state index is 10.9. The molecule has 1 aromatic rings. The van der Waals surface area contributed by atoms with Crippen molar-refractivity contribution in [2.45, 2.75) is 13.0 Å². The summed E-state index contributed by atoms with van der Waals surface area (Å²) in [4.78, 5) is 10.9. The summed E-state index contributed by atoms with van der Waals surface area (Å²) >= 11 is 0. The molecule has 4 heteroatoms. The summed E-state index contributed by atoms with van der Waals surface area (Å²) in [6, 6.07) is 7.60. The molecular weight excluding hydrogens is 194 g/mol. The zero-order valence-electron chi connectivity index (χ0n) is 8.53. The fourth-order valence-corrected chi connectivity index (χ4v) is 1.60. The Morgan fingerprint density at radius 2 is 2.33 bits per heavy atom. The maximum Gasteiger partial charge on any atom is 0.407 e. The van der Waals surface area contributed by atoms with Gasteiger partial charge in [0.25, 0.3) is 0 Å². The van der Waals surface area contributed by atoms with Crippen LogP contribution in [0.1, 0.15) is 18.6 Å². The van der Waals surface area contributed by atoms with E-state index in [-0.39, 0.29) is 12.2 Å². The number of para-hydroxylation sites is 1. The van der Waals surface area contributed by atoms with Crippen LogP contribution in [0.3, 0.4) is 0 Å². The number of nitrogens with one attached hydrogen (secondary N) is 1. The van der Waals surface area contributed by atoms with Crippen LogP contribution in [0.25, 0.3) is 0 Å². The highest BCUT2D eigenvalue weighted by molar-refractivity contribution is 5.70. The van der Waals surface area contributed by atoms with Crippen LogP contribution in [0.4, 0.5) is 4.79 Å². The maximum absolute atomic E-state index is 10.9. The molecule has 15 heavy (non-hydrogen) atoms. The van der Waals surface area contributed by atoms with E-state index in [4.69, 9.17) is 9.47 Å². The molecule has 2 rings (SSSR count). The number of rotatable bonds is 3. The summed E-state index contributed by atoms with van der Waals surface area (Å²) in [5.74, 6) is 0.779. The minimum absolute atomic E-state index is 0.236. The molecule has 1 aliphatic heterocycles. The number of cyclic esters (lactones) is 1. The van der Waals surface area contributed by atoms with Gasteiger partial charge in [0.15, 0.2) is 0 Å². The molecule has 1 heterocycles. The largest absolute Gasteiger partial charge is 0.493 e. The molecule has 0 saturated carbocycles. The van der Waals surface area contributed by atoms with Crippen LogP contribution in [0.5, 0.6) is 5.75 Å². The van der Waals surface area contributed by atoms with Crippen LogP contribution in [0, 0.1) is 0 Å². The second-order valence-corrected chi connectivity index (χ2v) is 3.25. The van der Waals surface area contributed by atoms with Gasteiger partial charge in [-0.25, -0.2) is 4.79 Å². The molecule has 1 aliphatic rings. The Hall–Kier alpha value is -1.71. The van der Waals surface area contributed by atoms with Gasteiger partial charge in [0.05, 0.1) is 13.2 Å². The molecule has 4 nitrogen and oxygen atoms in total. The highest BCUT2D eigenvalue weighted by Gasteiger charge is 2.26. The van der Waals surface area contributed by atoms with Crippen LogP contribution >= 0.6 is 0 Å². The second kappa shape index (κ2) is 4.21. The molecule has 0 aliphatic carbocycles. The minimum atomic E-state index is -0.369. The fourth-order valence-electron chi connectivity index (χ4n) is 1.60. The predicted molar refractivity (Wildman–Crippen MR) is 54.8 cm³/mol. The van der Waals surface area contributed by atoms with E-state index in [9.17, 15) is 4.79 Å². The van der Waals surface area contributed by atoms with E-state index in [2.05, 4.69) is 5.32 Å². The van der Waals surface area contributed by atoms with Gasteiger partial charge in [0.1, 0.15) is 11.9 Å². The average molecular weight is 207 g/mol. The van der Waals surface area contributed by atoms with Crippen molar-refractivity contribution < 1.29 is 14.3 Å². The summed E-state index contributed by atoms with van der Waals surface area (Å²) in [7, 11) is 0. The first-order valence-electron chi connectivity index (χ1n) is 4.97. The van der Waals surface area contributed by atoms with Crippen molar-refractivity contribution in [1.82, 2.24) is 5.32 Å². The molecule has 0 aromatic heterocycles. The normalized spacial score (nSPS) is 19.5. The van der Waals surface area contributed by atoms with Crippen LogP contribution in [0.15, 0.2) is 24.3 Å². The molecule has 80 valence electrons. The molecule has 1 amide bonds. The van der Waals surface area contributed by atoms with Crippen molar-refractivity contribution in [3.05, 3.63) is 29.8 Å². The van der Waals surface area contributed by atoms with Crippen LogP contribution in [0.2, 0.25) is 0 Å². The number of benzene rings is 1. The third kappa shape index (κ3) is 2.03. The van der Waals surface area contributed by atoms with Gasteiger partial charge < -0.3 is 14.8 Å². The third-order valence-corrected chi connectivity index (χ3v) is 2.25. The summed E-state index contributed by atoms with van der Waals surface area (Å²) in [5.41, 5.74) is 0.915. The van der Waals surface area contributed by atoms with Crippen molar-refractivity contribution in [1.29, 1.82) is 0 Å². The highest BCUT2D eigenvalue weighted by Crippen LogP contribution is 2.29. The Kier molecular flexibility index (Phi) is 2.76. The second-order valence-electron chi connectivity index (χ2n) is 3.25. The molecule has 1 saturated heterocycles. The number of hydrogen-bond acceptors (Lipinski definition) is 3. The zero-order valence-corrected chi connectivity index (χ0v) is 8.53. The molecule has 0 spiro atoms. The Labute approximate surface area is 88.2 Å². The van der Waals surface area contributed by atoms with Gasteiger partial charge in [-0.2, -0.15) is 0 Å². The standard InChI is InChI=1S/C11H13NO3/c1-2-14-9-6-4-3-5-8(9)10-7-12-11(13)15-10/h3-6,10H,2,7H2,1H3,(H,12,13). The fraction of sp³-hybridized carbons (Fsp3) is 0.364. The quantitative estimate of drug-likeness (QED) is 0.823. The number of alkyl carbamates (subject to hydrolysis) is 1. The van der Waals surface area contributed by atoms with Gasteiger partial charge in [-0.1, -0.05) is 18.2 Å². The van der Waals surface area contributed by atoms with Gasteiger partial charge in [0.2, 0.25) is 0 Å². The SMILES string of the molecule is CCOc1ccccc1C1CNC(=O)O1. The lowest BCUT2D eigenvalue weighted by Gasteiger charge is -2.13. The minimum Gasteiger partial charge on any atom is -0.493 e. The van der Waals surface area contributed by atoms with Crippen molar-refractivity contribution in [3.63, 3.8) is 0 Å². The van der Waals surface area contributed by atoms with Crippen molar-refractivity contribution >= 4 is 6.09 Å². The van der Waals surface area contributed by atoms with E-state index in [0.717, 1.165) is 11.3 Å². The van der Waals surface area contributed by atoms with E-state index in [1.54, 1.807) is 0 Å². The summed E-state index contributed by atoms with van der Waals surface area (Å²) in [6.07, 6.45) is -0.605. The Morgan fingerprint density at radius 1 is 1.53 bits per heavy atom. The van der Waals surface area contributed by atoms with E-state index in [0.29, 0.717) is 13.2 Å². The number of ether oxygens (including phenoxy) is 2. The Bertz CT molecular complexity index is 365. The van der Waals surface area contributed by atoms with Crippen molar-refractivity contribution in [2.75, 3.05) is 13.2 Å². The Balaban J connectivity index is 2.22. The monoisotopic (exact) mass is 207 g/mol. The summed E-state index contributed by atoms with van der Waals surface area (Å²) < 4.78 is 10.6. The smallest absolute Gasteiger partial charge is 0.407 e. The van der Waals surface area contributed by atoms with Crippen LogP contribution in [-0.4, -0.2) is 19.2 Å². The molecule has 1 atom stereocenters. The van der Waals surface area contributed by atoms with Gasteiger partial charge in [-0.3, -0.25) is 0 Å². The van der Waals surface area contributed by atoms with Gasteiger partial charge in [0, 0.05) is 5.56 Å². The topological polar surface area (TPSA) is 47.6 Å². The molecule has 0 bridgehead atoms. The summed E-state index contributed by atoms with van der Waals surface area (Å²) in [5, 5.41) is 2.62. The first-order valence-corrected chi connectivity index (χ1v) is 4.97. The number of amides is 1. The third-order valence-electron chi connectivity index (χ3n) is 2.25. The first-order chi connectivity index (χ1) is 7.31. The Morgan fingerprint density at radius 3 is 3.00 bits per heavy atom.